The van der Waals surface area contributed by atoms with Crippen LogP contribution in [-0.2, 0) is 5.41 Å². The Morgan fingerprint density at radius 1 is 0.444 bits per heavy atom. The van der Waals surface area contributed by atoms with Gasteiger partial charge in [0.15, 0.2) is 0 Å². The summed E-state index contributed by atoms with van der Waals surface area (Å²) in [5.74, 6) is 3.16. The molecule has 0 spiro atoms. The Hall–Kier alpha value is -5.48. The van der Waals surface area contributed by atoms with E-state index in [1.165, 1.54) is 24.0 Å². The van der Waals surface area contributed by atoms with E-state index < -0.39 is 0 Å². The van der Waals surface area contributed by atoms with E-state index in [4.69, 9.17) is 20.9 Å². The van der Waals surface area contributed by atoms with Crippen LogP contribution in [0.25, 0.3) is 22.3 Å². The van der Waals surface area contributed by atoms with Crippen LogP contribution >= 0.6 is 0 Å². The third kappa shape index (κ3) is 5.87. The van der Waals surface area contributed by atoms with Gasteiger partial charge in [0.25, 0.3) is 0 Å². The average molecular weight is 589 g/mol. The molecule has 4 nitrogen and oxygen atoms in total. The zero-order valence-corrected chi connectivity index (χ0v) is 25.2. The summed E-state index contributed by atoms with van der Waals surface area (Å²) in [5, 5.41) is 0. The second-order valence-electron chi connectivity index (χ2n) is 11.8. The Labute approximate surface area is 264 Å². The largest absolute Gasteiger partial charge is 0.457 e. The highest BCUT2D eigenvalue weighted by molar-refractivity contribution is 5.75. The minimum atomic E-state index is -0.132. The predicted molar refractivity (Wildman–Crippen MR) is 185 cm³/mol. The van der Waals surface area contributed by atoms with Gasteiger partial charge < -0.3 is 20.9 Å². The first-order valence-corrected chi connectivity index (χ1v) is 15.5. The molecule has 6 aromatic rings. The van der Waals surface area contributed by atoms with E-state index in [2.05, 4.69) is 84.9 Å². The van der Waals surface area contributed by atoms with Crippen LogP contribution in [0.1, 0.15) is 36.8 Å². The van der Waals surface area contributed by atoms with Crippen molar-refractivity contribution in [2.24, 2.45) is 0 Å². The molecule has 0 aliphatic heterocycles. The van der Waals surface area contributed by atoms with Crippen molar-refractivity contribution in [3.8, 4) is 45.3 Å². The molecule has 1 aliphatic carbocycles. The molecule has 0 saturated heterocycles. The van der Waals surface area contributed by atoms with E-state index in [1.54, 1.807) is 0 Å². The molecular weight excluding hydrogens is 552 g/mol. The Kier molecular flexibility index (Phi) is 7.71. The van der Waals surface area contributed by atoms with Crippen LogP contribution in [-0.4, -0.2) is 0 Å². The van der Waals surface area contributed by atoms with Crippen LogP contribution in [0, 0.1) is 0 Å². The van der Waals surface area contributed by atoms with Crippen molar-refractivity contribution in [3.05, 3.63) is 157 Å². The summed E-state index contributed by atoms with van der Waals surface area (Å²) in [6.45, 7) is 0. The number of ether oxygens (including phenoxy) is 2. The third-order valence-electron chi connectivity index (χ3n) is 8.91. The number of nitrogen functional groups attached to an aromatic ring is 2. The maximum absolute atomic E-state index is 6.45. The van der Waals surface area contributed by atoms with Crippen molar-refractivity contribution < 1.29 is 9.47 Å². The molecule has 4 heteroatoms. The molecule has 0 aromatic heterocycles. The number of rotatable bonds is 8. The number of anilines is 2. The first kappa shape index (κ1) is 28.3. The molecule has 0 radical (unpaired) electrons. The van der Waals surface area contributed by atoms with E-state index in [9.17, 15) is 0 Å². The standard InChI is InChI=1S/C41H36N2O2/c42-33-15-19-35(20-16-33)44-39-23-13-31(27-37(39)29-9-3-1-4-10-29)41(25-7-8-26-41)32-14-24-40(45-36-21-17-34(43)18-22-36)38(28-32)30-11-5-2-6-12-30/h1-6,9-24,27-28H,7-8,25-26,42-43H2. The van der Waals surface area contributed by atoms with Crippen LogP contribution in [0.5, 0.6) is 23.0 Å². The van der Waals surface area contributed by atoms with Crippen molar-refractivity contribution in [2.75, 3.05) is 11.5 Å². The highest BCUT2D eigenvalue weighted by Gasteiger charge is 2.38. The van der Waals surface area contributed by atoms with Crippen LogP contribution < -0.4 is 20.9 Å². The highest BCUT2D eigenvalue weighted by atomic mass is 16.5. The number of hydrogen-bond acceptors (Lipinski definition) is 4. The van der Waals surface area contributed by atoms with Crippen molar-refractivity contribution in [1.82, 2.24) is 0 Å². The maximum atomic E-state index is 6.45. The molecule has 0 amide bonds. The molecule has 222 valence electrons. The Morgan fingerprint density at radius 3 is 1.24 bits per heavy atom. The molecule has 6 aromatic carbocycles. The minimum Gasteiger partial charge on any atom is -0.457 e. The topological polar surface area (TPSA) is 70.5 Å². The Morgan fingerprint density at radius 2 is 0.844 bits per heavy atom. The number of benzene rings is 6. The van der Waals surface area contributed by atoms with E-state index in [-0.39, 0.29) is 5.41 Å². The molecule has 0 heterocycles. The molecule has 0 bridgehead atoms. The molecule has 7 rings (SSSR count). The zero-order chi connectivity index (χ0) is 30.6. The second-order valence-corrected chi connectivity index (χ2v) is 11.8. The lowest BCUT2D eigenvalue weighted by molar-refractivity contribution is 0.480. The quantitative estimate of drug-likeness (QED) is 0.174. The fourth-order valence-electron chi connectivity index (χ4n) is 6.57. The molecule has 1 saturated carbocycles. The summed E-state index contributed by atoms with van der Waals surface area (Å²) in [7, 11) is 0. The molecule has 0 atom stereocenters. The predicted octanol–water partition coefficient (Wildman–Crippen LogP) is 10.6. The first-order valence-electron chi connectivity index (χ1n) is 15.5. The lowest BCUT2D eigenvalue weighted by atomic mass is 9.72. The van der Waals surface area contributed by atoms with Crippen molar-refractivity contribution in [3.63, 3.8) is 0 Å². The van der Waals surface area contributed by atoms with Gasteiger partial charge in [-0.2, -0.15) is 0 Å². The summed E-state index contributed by atoms with van der Waals surface area (Å²) in [6, 6.07) is 49.5. The van der Waals surface area contributed by atoms with Gasteiger partial charge in [0.1, 0.15) is 23.0 Å². The SMILES string of the molecule is Nc1ccc(Oc2ccc(C3(c4ccc(Oc5ccc(N)cc5)c(-c5ccccc5)c4)CCCC3)cc2-c2ccccc2)cc1. The van der Waals surface area contributed by atoms with E-state index in [0.717, 1.165) is 58.1 Å². The average Bonchev–Trinajstić information content (AvgIpc) is 3.59. The number of nitrogens with two attached hydrogens (primary N) is 2. The Bertz CT molecular complexity index is 1760. The second kappa shape index (κ2) is 12.3. The van der Waals surface area contributed by atoms with Gasteiger partial charge in [0.2, 0.25) is 0 Å². The molecule has 0 unspecified atom stereocenters. The fourth-order valence-corrected chi connectivity index (χ4v) is 6.57. The molecule has 4 N–H and O–H groups in total. The normalized spacial score (nSPS) is 13.8. The third-order valence-corrected chi connectivity index (χ3v) is 8.91. The van der Waals surface area contributed by atoms with Gasteiger partial charge in [-0.05, 0) is 108 Å². The van der Waals surface area contributed by atoms with E-state index >= 15 is 0 Å². The van der Waals surface area contributed by atoms with Crippen LogP contribution in [0.15, 0.2) is 146 Å². The first-order chi connectivity index (χ1) is 22.1. The van der Waals surface area contributed by atoms with Crippen molar-refractivity contribution >= 4 is 11.4 Å². The van der Waals surface area contributed by atoms with Gasteiger partial charge in [-0.25, -0.2) is 0 Å². The van der Waals surface area contributed by atoms with Crippen molar-refractivity contribution in [1.29, 1.82) is 0 Å². The van der Waals surface area contributed by atoms with Gasteiger partial charge in [-0.15, -0.1) is 0 Å². The fraction of sp³-hybridized carbons (Fsp3) is 0.122. The molecule has 45 heavy (non-hydrogen) atoms. The summed E-state index contributed by atoms with van der Waals surface area (Å²) in [4.78, 5) is 0. The Balaban J connectivity index is 1.33. The summed E-state index contributed by atoms with van der Waals surface area (Å²) < 4.78 is 12.9. The summed E-state index contributed by atoms with van der Waals surface area (Å²) >= 11 is 0. The summed E-state index contributed by atoms with van der Waals surface area (Å²) in [5.41, 5.74) is 20.1. The van der Waals surface area contributed by atoms with Crippen LogP contribution in [0.3, 0.4) is 0 Å². The molecule has 1 aliphatic rings. The smallest absolute Gasteiger partial charge is 0.135 e. The van der Waals surface area contributed by atoms with E-state index in [1.807, 2.05) is 60.7 Å². The lowest BCUT2D eigenvalue weighted by Crippen LogP contribution is -2.24. The van der Waals surface area contributed by atoms with Crippen LogP contribution in [0.2, 0.25) is 0 Å². The van der Waals surface area contributed by atoms with E-state index in [0.29, 0.717) is 11.4 Å². The van der Waals surface area contributed by atoms with Crippen molar-refractivity contribution in [2.45, 2.75) is 31.1 Å². The van der Waals surface area contributed by atoms with Gasteiger partial charge in [-0.3, -0.25) is 0 Å². The van der Waals surface area contributed by atoms with Gasteiger partial charge in [0.05, 0.1) is 0 Å². The number of hydrogen-bond donors (Lipinski definition) is 2. The molecule has 1 fully saturated rings. The van der Waals surface area contributed by atoms with Gasteiger partial charge in [0, 0.05) is 27.9 Å². The highest BCUT2D eigenvalue weighted by Crippen LogP contribution is 2.50. The van der Waals surface area contributed by atoms with Gasteiger partial charge in [-0.1, -0.05) is 85.6 Å². The van der Waals surface area contributed by atoms with Gasteiger partial charge >= 0.3 is 0 Å². The van der Waals surface area contributed by atoms with Crippen LogP contribution in [0.4, 0.5) is 11.4 Å². The maximum Gasteiger partial charge on any atom is 0.135 e. The minimum absolute atomic E-state index is 0.132. The monoisotopic (exact) mass is 588 g/mol. The zero-order valence-electron chi connectivity index (χ0n) is 25.2. The molecular formula is C41H36N2O2. The summed E-state index contributed by atoms with van der Waals surface area (Å²) in [6.07, 6.45) is 4.50. The lowest BCUT2D eigenvalue weighted by Gasteiger charge is -2.32.